The summed E-state index contributed by atoms with van der Waals surface area (Å²) in [5, 5.41) is 5.51. The lowest BCUT2D eigenvalue weighted by Gasteiger charge is -2.03. The number of para-hydroxylation sites is 1. The molecule has 19 heavy (non-hydrogen) atoms. The first kappa shape index (κ1) is 11.7. The van der Waals surface area contributed by atoms with Crippen LogP contribution in [0.15, 0.2) is 48.5 Å². The molecule has 0 saturated carbocycles. The third kappa shape index (κ3) is 1.96. The normalized spacial score (nSPS) is 12.7. The molecule has 1 aromatic heterocycles. The van der Waals surface area contributed by atoms with Gasteiger partial charge in [0.05, 0.1) is 11.2 Å². The smallest absolute Gasteiger partial charge is 0.135 e. The van der Waals surface area contributed by atoms with Gasteiger partial charge in [0.15, 0.2) is 0 Å². The number of fused-ring (bicyclic) bond motifs is 1. The molecule has 0 spiro atoms. The summed E-state index contributed by atoms with van der Waals surface area (Å²) in [6, 6.07) is 15.8. The maximum Gasteiger partial charge on any atom is 0.135 e. The number of aromatic nitrogens is 2. The summed E-state index contributed by atoms with van der Waals surface area (Å²) in [5.74, 6) is 0.650. The summed E-state index contributed by atoms with van der Waals surface area (Å²) < 4.78 is 1.76. The molecule has 0 saturated heterocycles. The summed E-state index contributed by atoms with van der Waals surface area (Å²) in [4.78, 5) is 0. The van der Waals surface area contributed by atoms with Crippen LogP contribution in [-0.4, -0.2) is 9.78 Å². The largest absolute Gasteiger partial charge is 0.383 e. The first-order valence-electron chi connectivity index (χ1n) is 6.26. The van der Waals surface area contributed by atoms with E-state index in [1.807, 2.05) is 55.5 Å². The standard InChI is InChI=1S/C15H16N4/c1-10(16)11-7-8-13-14(9-11)18-19(15(13)17)12-5-3-2-4-6-12/h2-10H,16-17H2,1H3/t10-/m0/s1. The fourth-order valence-corrected chi connectivity index (χ4v) is 2.17. The molecule has 4 heteroatoms. The number of benzene rings is 2. The molecule has 2 aromatic carbocycles. The summed E-state index contributed by atoms with van der Waals surface area (Å²) in [5.41, 5.74) is 15.0. The highest BCUT2D eigenvalue weighted by Gasteiger charge is 2.11. The Morgan fingerprint density at radius 1 is 1.11 bits per heavy atom. The van der Waals surface area contributed by atoms with Gasteiger partial charge in [0.25, 0.3) is 0 Å². The van der Waals surface area contributed by atoms with E-state index >= 15 is 0 Å². The van der Waals surface area contributed by atoms with Gasteiger partial charge in [-0.2, -0.15) is 5.10 Å². The minimum atomic E-state index is -0.00694. The van der Waals surface area contributed by atoms with Gasteiger partial charge in [-0.1, -0.05) is 24.3 Å². The number of hydrogen-bond donors (Lipinski definition) is 2. The zero-order valence-corrected chi connectivity index (χ0v) is 10.7. The van der Waals surface area contributed by atoms with Crippen molar-refractivity contribution in [1.82, 2.24) is 9.78 Å². The van der Waals surface area contributed by atoms with E-state index in [4.69, 9.17) is 11.5 Å². The predicted molar refractivity (Wildman–Crippen MR) is 78.1 cm³/mol. The van der Waals surface area contributed by atoms with Crippen LogP contribution in [0.5, 0.6) is 0 Å². The lowest BCUT2D eigenvalue weighted by Crippen LogP contribution is -2.04. The Morgan fingerprint density at radius 3 is 2.53 bits per heavy atom. The number of rotatable bonds is 2. The molecule has 0 bridgehead atoms. The summed E-state index contributed by atoms with van der Waals surface area (Å²) >= 11 is 0. The van der Waals surface area contributed by atoms with E-state index in [1.165, 1.54) is 0 Å². The monoisotopic (exact) mass is 252 g/mol. The maximum absolute atomic E-state index is 6.17. The Kier molecular flexibility index (Phi) is 2.72. The molecule has 4 nitrogen and oxygen atoms in total. The van der Waals surface area contributed by atoms with Crippen LogP contribution in [0.4, 0.5) is 5.82 Å². The van der Waals surface area contributed by atoms with Crippen LogP contribution in [0, 0.1) is 0 Å². The third-order valence-corrected chi connectivity index (χ3v) is 3.26. The van der Waals surface area contributed by atoms with Crippen LogP contribution in [-0.2, 0) is 0 Å². The zero-order chi connectivity index (χ0) is 13.4. The van der Waals surface area contributed by atoms with Gasteiger partial charge in [-0.15, -0.1) is 0 Å². The zero-order valence-electron chi connectivity index (χ0n) is 10.7. The topological polar surface area (TPSA) is 69.9 Å². The van der Waals surface area contributed by atoms with Gasteiger partial charge in [0.1, 0.15) is 5.82 Å². The van der Waals surface area contributed by atoms with Crippen LogP contribution < -0.4 is 11.5 Å². The van der Waals surface area contributed by atoms with Gasteiger partial charge >= 0.3 is 0 Å². The lowest BCUT2D eigenvalue weighted by molar-refractivity contribution is 0.819. The molecule has 0 aliphatic carbocycles. The number of hydrogen-bond acceptors (Lipinski definition) is 3. The molecular formula is C15H16N4. The van der Waals surface area contributed by atoms with Crippen LogP contribution in [0.2, 0.25) is 0 Å². The Hall–Kier alpha value is -2.33. The van der Waals surface area contributed by atoms with E-state index < -0.39 is 0 Å². The summed E-state index contributed by atoms with van der Waals surface area (Å²) in [7, 11) is 0. The number of nitrogens with two attached hydrogens (primary N) is 2. The minimum absolute atomic E-state index is 0.00694. The molecule has 0 unspecified atom stereocenters. The molecule has 4 N–H and O–H groups in total. The molecule has 3 rings (SSSR count). The van der Waals surface area contributed by atoms with Gasteiger partial charge in [0, 0.05) is 11.4 Å². The van der Waals surface area contributed by atoms with Crippen molar-refractivity contribution in [3.05, 3.63) is 54.1 Å². The quantitative estimate of drug-likeness (QED) is 0.736. The highest BCUT2D eigenvalue weighted by Crippen LogP contribution is 2.26. The first-order valence-corrected chi connectivity index (χ1v) is 6.26. The van der Waals surface area contributed by atoms with Crippen molar-refractivity contribution in [1.29, 1.82) is 0 Å². The Labute approximate surface area is 111 Å². The predicted octanol–water partition coefficient (Wildman–Crippen LogP) is 2.63. The Morgan fingerprint density at radius 2 is 1.84 bits per heavy atom. The molecule has 3 aromatic rings. The van der Waals surface area contributed by atoms with Gasteiger partial charge < -0.3 is 11.5 Å². The average Bonchev–Trinajstić information content (AvgIpc) is 2.76. The molecule has 0 aliphatic heterocycles. The van der Waals surface area contributed by atoms with Crippen molar-refractivity contribution in [2.75, 3.05) is 5.73 Å². The van der Waals surface area contributed by atoms with Gasteiger partial charge in [-0.3, -0.25) is 0 Å². The van der Waals surface area contributed by atoms with Crippen molar-refractivity contribution in [3.8, 4) is 5.69 Å². The van der Waals surface area contributed by atoms with Crippen LogP contribution in [0.1, 0.15) is 18.5 Å². The molecule has 1 heterocycles. The van der Waals surface area contributed by atoms with E-state index in [1.54, 1.807) is 4.68 Å². The minimum Gasteiger partial charge on any atom is -0.383 e. The SMILES string of the molecule is C[C@H](N)c1ccc2c(N)n(-c3ccccc3)nc2c1. The number of nitrogens with zero attached hydrogens (tertiary/aromatic N) is 2. The Balaban J connectivity index is 2.20. The van der Waals surface area contributed by atoms with Crippen molar-refractivity contribution in [3.63, 3.8) is 0 Å². The highest BCUT2D eigenvalue weighted by atomic mass is 15.3. The molecule has 0 fully saturated rings. The van der Waals surface area contributed by atoms with Crippen molar-refractivity contribution >= 4 is 16.7 Å². The Bertz CT molecular complexity index is 714. The molecule has 96 valence electrons. The van der Waals surface area contributed by atoms with Crippen LogP contribution >= 0.6 is 0 Å². The van der Waals surface area contributed by atoms with Crippen LogP contribution in [0.25, 0.3) is 16.6 Å². The van der Waals surface area contributed by atoms with E-state index in [0.29, 0.717) is 5.82 Å². The molecule has 0 radical (unpaired) electrons. The molecule has 0 aliphatic rings. The highest BCUT2D eigenvalue weighted by molar-refractivity contribution is 5.90. The third-order valence-electron chi connectivity index (χ3n) is 3.26. The van der Waals surface area contributed by atoms with E-state index in [-0.39, 0.29) is 6.04 Å². The van der Waals surface area contributed by atoms with Gasteiger partial charge in [0.2, 0.25) is 0 Å². The van der Waals surface area contributed by atoms with Crippen molar-refractivity contribution in [2.24, 2.45) is 5.73 Å². The number of nitrogen functional groups attached to an aromatic ring is 1. The second kappa shape index (κ2) is 4.40. The van der Waals surface area contributed by atoms with Crippen molar-refractivity contribution in [2.45, 2.75) is 13.0 Å². The second-order valence-electron chi connectivity index (χ2n) is 4.70. The average molecular weight is 252 g/mol. The van der Waals surface area contributed by atoms with E-state index in [9.17, 15) is 0 Å². The van der Waals surface area contributed by atoms with Crippen LogP contribution in [0.3, 0.4) is 0 Å². The molecule has 0 amide bonds. The summed E-state index contributed by atoms with van der Waals surface area (Å²) in [6.45, 7) is 1.96. The molecule has 1 atom stereocenters. The maximum atomic E-state index is 6.17. The van der Waals surface area contributed by atoms with E-state index in [2.05, 4.69) is 5.10 Å². The van der Waals surface area contributed by atoms with Gasteiger partial charge in [-0.25, -0.2) is 4.68 Å². The lowest BCUT2D eigenvalue weighted by atomic mass is 10.1. The fourth-order valence-electron chi connectivity index (χ4n) is 2.17. The van der Waals surface area contributed by atoms with Gasteiger partial charge in [-0.05, 0) is 36.8 Å². The van der Waals surface area contributed by atoms with Crippen molar-refractivity contribution < 1.29 is 0 Å². The second-order valence-corrected chi connectivity index (χ2v) is 4.70. The van der Waals surface area contributed by atoms with E-state index in [0.717, 1.165) is 22.2 Å². The fraction of sp³-hybridized carbons (Fsp3) is 0.133. The molecular weight excluding hydrogens is 236 g/mol. The number of anilines is 1. The summed E-state index contributed by atoms with van der Waals surface area (Å²) in [6.07, 6.45) is 0. The first-order chi connectivity index (χ1) is 9.16.